The summed E-state index contributed by atoms with van der Waals surface area (Å²) < 4.78 is 34.2. The number of hydrogen-bond acceptors (Lipinski definition) is 7. The number of carbonyl (C=O) groups is 4. The number of nitrogens with two attached hydrogens (primary N) is 2. The Morgan fingerprint density at radius 1 is 1.10 bits per heavy atom. The largest absolute Gasteiger partial charge is 0.436 e. The molecule has 5 N–H and O–H groups in total. The van der Waals surface area contributed by atoms with Gasteiger partial charge in [0.05, 0.1) is 5.69 Å². The van der Waals surface area contributed by atoms with E-state index in [0.29, 0.717) is 24.9 Å². The van der Waals surface area contributed by atoms with Gasteiger partial charge in [-0.05, 0) is 57.1 Å². The highest BCUT2D eigenvalue weighted by molar-refractivity contribution is 7.94. The van der Waals surface area contributed by atoms with Gasteiger partial charge in [0.25, 0.3) is 27.7 Å². The Morgan fingerprint density at radius 2 is 1.82 bits per heavy atom. The molecule has 0 aromatic heterocycles. The van der Waals surface area contributed by atoms with Gasteiger partial charge in [0.2, 0.25) is 5.54 Å². The summed E-state index contributed by atoms with van der Waals surface area (Å²) in [6.45, 7) is 0.000808. The fraction of sp³-hybridized carbons (Fsp3) is 0.538. The Morgan fingerprint density at radius 3 is 2.49 bits per heavy atom. The molecule has 13 heteroatoms. The summed E-state index contributed by atoms with van der Waals surface area (Å²) in [7, 11) is -2.79. The number of anilines is 1. The van der Waals surface area contributed by atoms with Gasteiger partial charge < -0.3 is 26.4 Å². The minimum Gasteiger partial charge on any atom is -0.436 e. The van der Waals surface area contributed by atoms with Gasteiger partial charge in [0.15, 0.2) is 11.0 Å². The predicted octanol–water partition coefficient (Wildman–Crippen LogP) is 1.12. The van der Waals surface area contributed by atoms with Crippen LogP contribution in [0.25, 0.3) is 0 Å². The molecule has 12 nitrogen and oxygen atoms in total. The molecule has 1 saturated heterocycles. The van der Waals surface area contributed by atoms with Crippen molar-refractivity contribution in [2.75, 3.05) is 17.9 Å². The fourth-order valence-electron chi connectivity index (χ4n) is 5.61. The van der Waals surface area contributed by atoms with Crippen molar-refractivity contribution < 1.29 is 32.3 Å². The Labute approximate surface area is 227 Å². The van der Waals surface area contributed by atoms with Crippen LogP contribution in [0.5, 0.6) is 0 Å². The number of hydrogen-bond donors (Lipinski definition) is 3. The minimum atomic E-state index is -4.20. The van der Waals surface area contributed by atoms with Crippen molar-refractivity contribution in [3.05, 3.63) is 42.5 Å². The summed E-state index contributed by atoms with van der Waals surface area (Å²) in [5, 5.41) is 2.65. The lowest BCUT2D eigenvalue weighted by Gasteiger charge is -2.37. The number of nitrogens with one attached hydrogen (secondary N) is 1. The number of sulfonamides is 1. The highest BCUT2D eigenvalue weighted by Crippen LogP contribution is 2.51. The molecule has 2 aliphatic heterocycles. The Hall–Kier alpha value is -3.61. The Balaban J connectivity index is 1.76. The van der Waals surface area contributed by atoms with Crippen molar-refractivity contribution in [2.24, 2.45) is 17.4 Å². The average molecular weight is 562 g/mol. The van der Waals surface area contributed by atoms with E-state index in [4.69, 9.17) is 16.2 Å². The second-order valence-corrected chi connectivity index (χ2v) is 12.5. The topological polar surface area (TPSA) is 182 Å². The fourth-order valence-corrected chi connectivity index (χ4v) is 7.57. The molecule has 4 unspecified atom stereocenters. The van der Waals surface area contributed by atoms with Crippen LogP contribution in [0.3, 0.4) is 0 Å². The van der Waals surface area contributed by atoms with E-state index >= 15 is 0 Å². The number of primary amides is 2. The molecule has 2 fully saturated rings. The highest BCUT2D eigenvalue weighted by Gasteiger charge is 2.68. The maximum atomic E-state index is 14.0. The minimum absolute atomic E-state index is 0.000808. The Kier molecular flexibility index (Phi) is 7.92. The highest BCUT2D eigenvalue weighted by atomic mass is 32.2. The summed E-state index contributed by atoms with van der Waals surface area (Å²) in [4.78, 5) is 51.3. The SMILES string of the molecule is CN(c1ccccc1)S(=O)(=O)C12CC1C=CCCCCCC(OC(N)=O)C(=O)N1CCCC1(C(N)=O)C(=O)N2. The normalized spacial score (nSPS) is 29.7. The van der Waals surface area contributed by atoms with Gasteiger partial charge in [-0.25, -0.2) is 13.2 Å². The van der Waals surface area contributed by atoms with E-state index in [0.717, 1.165) is 15.6 Å². The lowest BCUT2D eigenvalue weighted by Crippen LogP contribution is -2.68. The molecule has 39 heavy (non-hydrogen) atoms. The molecule has 1 aromatic carbocycles. The van der Waals surface area contributed by atoms with E-state index in [9.17, 15) is 27.6 Å². The number of allylic oxidation sites excluding steroid dienone is 1. The summed E-state index contributed by atoms with van der Waals surface area (Å²) in [6.07, 6.45) is 4.26. The molecular formula is C26H35N5O7S. The molecule has 1 saturated carbocycles. The molecule has 3 aliphatic rings. The second-order valence-electron chi connectivity index (χ2n) is 10.3. The molecule has 4 atom stereocenters. The van der Waals surface area contributed by atoms with Gasteiger partial charge >= 0.3 is 6.09 Å². The third kappa shape index (κ3) is 5.07. The third-order valence-electron chi connectivity index (χ3n) is 7.90. The van der Waals surface area contributed by atoms with E-state index in [1.54, 1.807) is 36.4 Å². The summed E-state index contributed by atoms with van der Waals surface area (Å²) in [5.74, 6) is -3.39. The third-order valence-corrected chi connectivity index (χ3v) is 10.3. The Bertz CT molecular complexity index is 1270. The molecular weight excluding hydrogens is 526 g/mol. The molecule has 1 aliphatic carbocycles. The first-order chi connectivity index (χ1) is 18.5. The van der Waals surface area contributed by atoms with Crippen LogP contribution >= 0.6 is 0 Å². The predicted molar refractivity (Wildman–Crippen MR) is 142 cm³/mol. The smallest absolute Gasteiger partial charge is 0.405 e. The van der Waals surface area contributed by atoms with E-state index < -0.39 is 56.3 Å². The maximum absolute atomic E-state index is 14.0. The van der Waals surface area contributed by atoms with Crippen LogP contribution in [0.15, 0.2) is 42.5 Å². The summed E-state index contributed by atoms with van der Waals surface area (Å²) >= 11 is 0. The van der Waals surface area contributed by atoms with Gasteiger partial charge in [0, 0.05) is 19.5 Å². The molecule has 212 valence electrons. The monoisotopic (exact) mass is 561 g/mol. The molecule has 4 rings (SSSR count). The quantitative estimate of drug-likeness (QED) is 0.355. The first kappa shape index (κ1) is 28.4. The number of carbonyl (C=O) groups excluding carboxylic acids is 4. The number of fused-ring (bicyclic) bond motifs is 2. The van der Waals surface area contributed by atoms with E-state index in [1.165, 1.54) is 7.05 Å². The van der Waals surface area contributed by atoms with Crippen molar-refractivity contribution in [1.29, 1.82) is 0 Å². The molecule has 4 amide bonds. The number of amides is 4. The zero-order valence-corrected chi connectivity index (χ0v) is 22.7. The number of ether oxygens (including phenoxy) is 1. The molecule has 1 aromatic rings. The molecule has 0 bridgehead atoms. The molecule has 2 heterocycles. The first-order valence-corrected chi connectivity index (χ1v) is 14.5. The van der Waals surface area contributed by atoms with Gasteiger partial charge in [-0.3, -0.25) is 18.7 Å². The van der Waals surface area contributed by atoms with Gasteiger partial charge in [-0.15, -0.1) is 0 Å². The lowest BCUT2D eigenvalue weighted by molar-refractivity contribution is -0.157. The van der Waals surface area contributed by atoms with E-state index in [1.807, 2.05) is 6.08 Å². The zero-order valence-electron chi connectivity index (χ0n) is 21.9. The van der Waals surface area contributed by atoms with Crippen LogP contribution in [0.2, 0.25) is 0 Å². The van der Waals surface area contributed by atoms with Gasteiger partial charge in [-0.1, -0.05) is 36.8 Å². The van der Waals surface area contributed by atoms with Crippen molar-refractivity contribution in [3.63, 3.8) is 0 Å². The van der Waals surface area contributed by atoms with Crippen LogP contribution in [0.4, 0.5) is 10.5 Å². The van der Waals surface area contributed by atoms with Gasteiger partial charge in [0.1, 0.15) is 0 Å². The van der Waals surface area contributed by atoms with Crippen molar-refractivity contribution in [3.8, 4) is 0 Å². The van der Waals surface area contributed by atoms with Crippen LogP contribution in [0, 0.1) is 5.92 Å². The van der Waals surface area contributed by atoms with Gasteiger partial charge in [-0.2, -0.15) is 0 Å². The standard InChI is InChI=1S/C26H35N5O7S/c1-30(19-12-7-5-8-13-19)39(36,37)26-17-18(26)11-6-3-2-4-9-14-20(38-24(28)35)21(32)31-16-10-15-25(31,22(27)33)23(34)29-26/h5-8,11-13,18,20H,2-4,9-10,14-17H2,1H3,(H2,27,33)(H2,28,35)(H,29,34). The number of nitrogens with zero attached hydrogens (tertiary/aromatic N) is 2. The van der Waals surface area contributed by atoms with Crippen LogP contribution in [-0.4, -0.2) is 67.2 Å². The maximum Gasteiger partial charge on any atom is 0.405 e. The lowest BCUT2D eigenvalue weighted by atomic mass is 9.92. The number of para-hydroxylation sites is 1. The molecule has 0 radical (unpaired) electrons. The summed E-state index contributed by atoms with van der Waals surface area (Å²) in [5.41, 5.74) is 9.22. The van der Waals surface area contributed by atoms with E-state index in [2.05, 4.69) is 5.32 Å². The summed E-state index contributed by atoms with van der Waals surface area (Å²) in [6, 6.07) is 8.43. The van der Waals surface area contributed by atoms with Crippen LogP contribution in [0.1, 0.15) is 51.4 Å². The van der Waals surface area contributed by atoms with Crippen molar-refractivity contribution in [1.82, 2.24) is 10.2 Å². The van der Waals surface area contributed by atoms with Crippen LogP contribution in [-0.2, 0) is 29.1 Å². The number of rotatable bonds is 5. The van der Waals surface area contributed by atoms with Crippen molar-refractivity contribution in [2.45, 2.75) is 67.9 Å². The average Bonchev–Trinajstić information content (AvgIpc) is 3.40. The zero-order chi connectivity index (χ0) is 28.4. The second kappa shape index (κ2) is 10.9. The van der Waals surface area contributed by atoms with Crippen molar-refractivity contribution >= 4 is 39.5 Å². The number of benzene rings is 1. The van der Waals surface area contributed by atoms with Crippen LogP contribution < -0.4 is 21.1 Å². The first-order valence-electron chi connectivity index (χ1n) is 13.1. The van der Waals surface area contributed by atoms with E-state index in [-0.39, 0.29) is 32.2 Å². The molecule has 0 spiro atoms.